The van der Waals surface area contributed by atoms with Crippen LogP contribution in [0.5, 0.6) is 0 Å². The monoisotopic (exact) mass is 281 g/mol. The third-order valence-corrected chi connectivity index (χ3v) is 3.59. The van der Waals surface area contributed by atoms with Crippen molar-refractivity contribution in [1.82, 2.24) is 10.0 Å². The third kappa shape index (κ3) is 2.98. The van der Waals surface area contributed by atoms with Crippen molar-refractivity contribution in [2.45, 2.75) is 4.90 Å². The third-order valence-electron chi connectivity index (χ3n) is 1.79. The van der Waals surface area contributed by atoms with E-state index in [4.69, 9.17) is 17.3 Å². The molecule has 0 unspecified atom stereocenters. The van der Waals surface area contributed by atoms with Gasteiger partial charge in [-0.1, -0.05) is 11.6 Å². The van der Waals surface area contributed by atoms with E-state index in [0.29, 0.717) is 0 Å². The van der Waals surface area contributed by atoms with Crippen molar-refractivity contribution in [1.29, 1.82) is 0 Å². The number of benzene rings is 1. The number of sulfonamides is 1. The minimum Gasteiger partial charge on any atom is -0.396 e. The SMILES string of the molecule is CNC(=O)NS(=O)(=O)c1cc(N)c(F)cc1Cl. The molecule has 0 spiro atoms. The second-order valence-corrected chi connectivity index (χ2v) is 5.05. The molecule has 0 bridgehead atoms. The van der Waals surface area contributed by atoms with Crippen LogP contribution in [0.25, 0.3) is 0 Å². The lowest BCUT2D eigenvalue weighted by Gasteiger charge is -2.09. The summed E-state index contributed by atoms with van der Waals surface area (Å²) in [6.45, 7) is 0. The molecule has 9 heteroatoms. The van der Waals surface area contributed by atoms with E-state index in [1.54, 1.807) is 4.72 Å². The molecule has 4 N–H and O–H groups in total. The number of halogens is 2. The van der Waals surface area contributed by atoms with E-state index < -0.39 is 26.8 Å². The number of anilines is 1. The molecular formula is C8H9ClFN3O3S. The van der Waals surface area contributed by atoms with Gasteiger partial charge in [-0.3, -0.25) is 0 Å². The Labute approximate surface area is 102 Å². The van der Waals surface area contributed by atoms with E-state index >= 15 is 0 Å². The van der Waals surface area contributed by atoms with Gasteiger partial charge in [-0.05, 0) is 12.1 Å². The number of urea groups is 1. The molecule has 1 aromatic carbocycles. The van der Waals surface area contributed by atoms with Gasteiger partial charge in [0.05, 0.1) is 10.7 Å². The highest BCUT2D eigenvalue weighted by atomic mass is 35.5. The number of hydrogen-bond acceptors (Lipinski definition) is 4. The Bertz CT molecular complexity index is 561. The maximum absolute atomic E-state index is 13.0. The number of nitrogen functional groups attached to an aromatic ring is 1. The van der Waals surface area contributed by atoms with Gasteiger partial charge in [0.1, 0.15) is 10.7 Å². The lowest BCUT2D eigenvalue weighted by molar-refractivity contribution is 0.248. The van der Waals surface area contributed by atoms with Gasteiger partial charge in [0.2, 0.25) is 0 Å². The van der Waals surface area contributed by atoms with Gasteiger partial charge in [0.25, 0.3) is 10.0 Å². The summed E-state index contributed by atoms with van der Waals surface area (Å²) in [6, 6.07) is 0.655. The normalized spacial score (nSPS) is 11.0. The second-order valence-electron chi connectivity index (χ2n) is 2.99. The number of nitrogens with one attached hydrogen (secondary N) is 2. The average molecular weight is 282 g/mol. The Kier molecular flexibility index (Phi) is 3.79. The van der Waals surface area contributed by atoms with Crippen LogP contribution in [0.4, 0.5) is 14.9 Å². The number of nitrogens with two attached hydrogens (primary N) is 1. The summed E-state index contributed by atoms with van der Waals surface area (Å²) in [6.07, 6.45) is 0. The van der Waals surface area contributed by atoms with E-state index in [9.17, 15) is 17.6 Å². The smallest absolute Gasteiger partial charge is 0.328 e. The molecular weight excluding hydrogens is 273 g/mol. The van der Waals surface area contributed by atoms with Gasteiger partial charge in [-0.2, -0.15) is 0 Å². The quantitative estimate of drug-likeness (QED) is 0.694. The Morgan fingerprint density at radius 3 is 2.59 bits per heavy atom. The van der Waals surface area contributed by atoms with Crippen LogP contribution in [0, 0.1) is 5.82 Å². The maximum Gasteiger partial charge on any atom is 0.328 e. The molecule has 0 saturated heterocycles. The Hall–Kier alpha value is -1.54. The predicted molar refractivity (Wildman–Crippen MR) is 60.6 cm³/mol. The lowest BCUT2D eigenvalue weighted by Crippen LogP contribution is -2.37. The average Bonchev–Trinajstić information content (AvgIpc) is 2.22. The zero-order chi connectivity index (χ0) is 13.2. The molecule has 1 rings (SSSR count). The molecule has 0 aliphatic carbocycles. The van der Waals surface area contributed by atoms with Gasteiger partial charge < -0.3 is 11.1 Å². The Morgan fingerprint density at radius 2 is 2.06 bits per heavy atom. The van der Waals surface area contributed by atoms with Crippen LogP contribution >= 0.6 is 11.6 Å². The first-order valence-electron chi connectivity index (χ1n) is 4.27. The molecule has 17 heavy (non-hydrogen) atoms. The molecule has 0 fully saturated rings. The number of carbonyl (C=O) groups is 1. The number of rotatable bonds is 2. The lowest BCUT2D eigenvalue weighted by atomic mass is 10.3. The molecule has 1 aromatic rings. The summed E-state index contributed by atoms with van der Waals surface area (Å²) in [5.74, 6) is -0.839. The highest BCUT2D eigenvalue weighted by Crippen LogP contribution is 2.25. The predicted octanol–water partition coefficient (Wildman–Crippen LogP) is 0.679. The largest absolute Gasteiger partial charge is 0.396 e. The molecule has 6 nitrogen and oxygen atoms in total. The van der Waals surface area contributed by atoms with Crippen LogP contribution in [-0.4, -0.2) is 21.5 Å². The van der Waals surface area contributed by atoms with Gasteiger partial charge >= 0.3 is 6.03 Å². The summed E-state index contributed by atoms with van der Waals surface area (Å²) >= 11 is 5.57. The second kappa shape index (κ2) is 4.76. The molecule has 0 saturated carbocycles. The van der Waals surface area contributed by atoms with Crippen molar-refractivity contribution < 1.29 is 17.6 Å². The number of hydrogen-bond donors (Lipinski definition) is 3. The Balaban J connectivity index is 3.25. The van der Waals surface area contributed by atoms with Crippen molar-refractivity contribution >= 4 is 33.3 Å². The first-order valence-corrected chi connectivity index (χ1v) is 6.13. The molecule has 2 amide bonds. The highest BCUT2D eigenvalue weighted by molar-refractivity contribution is 7.90. The van der Waals surface area contributed by atoms with E-state index in [1.807, 2.05) is 0 Å². The maximum atomic E-state index is 13.0. The van der Waals surface area contributed by atoms with Crippen LogP contribution < -0.4 is 15.8 Å². The van der Waals surface area contributed by atoms with Crippen molar-refractivity contribution in [2.75, 3.05) is 12.8 Å². The van der Waals surface area contributed by atoms with E-state index in [2.05, 4.69) is 5.32 Å². The fourth-order valence-electron chi connectivity index (χ4n) is 0.979. The fraction of sp³-hybridized carbons (Fsp3) is 0.125. The zero-order valence-corrected chi connectivity index (χ0v) is 10.2. The van der Waals surface area contributed by atoms with Gasteiger partial charge in [-0.15, -0.1) is 0 Å². The summed E-state index contributed by atoms with van der Waals surface area (Å²) in [5, 5.41) is 1.69. The molecule has 0 atom stereocenters. The first-order chi connectivity index (χ1) is 7.77. The van der Waals surface area contributed by atoms with Crippen molar-refractivity contribution in [3.05, 3.63) is 23.0 Å². The summed E-state index contributed by atoms with van der Waals surface area (Å²) in [7, 11) is -2.94. The summed E-state index contributed by atoms with van der Waals surface area (Å²) < 4.78 is 37.9. The van der Waals surface area contributed by atoms with Crippen LogP contribution in [0.2, 0.25) is 5.02 Å². The molecule has 0 aromatic heterocycles. The number of amides is 2. The Morgan fingerprint density at radius 1 is 1.47 bits per heavy atom. The van der Waals surface area contributed by atoms with E-state index in [0.717, 1.165) is 12.1 Å². The van der Waals surface area contributed by atoms with Crippen LogP contribution in [-0.2, 0) is 10.0 Å². The first kappa shape index (κ1) is 13.5. The number of carbonyl (C=O) groups excluding carboxylic acids is 1. The zero-order valence-electron chi connectivity index (χ0n) is 8.62. The molecule has 94 valence electrons. The van der Waals surface area contributed by atoms with Gasteiger partial charge in [-0.25, -0.2) is 22.3 Å². The topological polar surface area (TPSA) is 101 Å². The molecule has 0 aliphatic rings. The molecule has 0 radical (unpaired) electrons. The standard InChI is InChI=1S/C8H9ClFN3O3S/c1-12-8(14)13-17(15,16)7-3-6(11)5(10)2-4(7)9/h2-3H,11H2,1H3,(H2,12,13,14). The van der Waals surface area contributed by atoms with Crippen LogP contribution in [0.3, 0.4) is 0 Å². The van der Waals surface area contributed by atoms with Crippen LogP contribution in [0.15, 0.2) is 17.0 Å². The minimum atomic E-state index is -4.18. The molecule has 0 heterocycles. The van der Waals surface area contributed by atoms with Gasteiger partial charge in [0.15, 0.2) is 0 Å². The van der Waals surface area contributed by atoms with Crippen molar-refractivity contribution in [3.8, 4) is 0 Å². The van der Waals surface area contributed by atoms with E-state index in [1.165, 1.54) is 7.05 Å². The summed E-state index contributed by atoms with van der Waals surface area (Å²) in [5.41, 5.74) is 4.84. The van der Waals surface area contributed by atoms with E-state index in [-0.39, 0.29) is 10.7 Å². The van der Waals surface area contributed by atoms with Crippen molar-refractivity contribution in [3.63, 3.8) is 0 Å². The summed E-state index contributed by atoms with van der Waals surface area (Å²) in [4.78, 5) is 10.4. The molecule has 0 aliphatic heterocycles. The van der Waals surface area contributed by atoms with Crippen molar-refractivity contribution in [2.24, 2.45) is 0 Å². The minimum absolute atomic E-state index is 0.367. The highest BCUT2D eigenvalue weighted by Gasteiger charge is 2.21. The van der Waals surface area contributed by atoms with Gasteiger partial charge in [0, 0.05) is 7.05 Å². The van der Waals surface area contributed by atoms with Crippen LogP contribution in [0.1, 0.15) is 0 Å². The fourth-order valence-corrected chi connectivity index (χ4v) is 2.49.